The Morgan fingerprint density at radius 2 is 1.60 bits per heavy atom. The van der Waals surface area contributed by atoms with Crippen molar-refractivity contribution in [3.05, 3.63) is 107 Å². The molecule has 7 rings (SSSR count). The Balaban J connectivity index is 0.952. The predicted octanol–water partition coefficient (Wildman–Crippen LogP) is 9.47. The Kier molecular flexibility index (Phi) is 21.3. The minimum Gasteiger partial charge on any atom is -0.493 e. The van der Waals surface area contributed by atoms with Crippen molar-refractivity contribution in [1.82, 2.24) is 20.5 Å². The first-order valence-corrected chi connectivity index (χ1v) is 28.8. The summed E-state index contributed by atoms with van der Waals surface area (Å²) in [6.07, 6.45) is -0.950. The van der Waals surface area contributed by atoms with Gasteiger partial charge in [0.2, 0.25) is 17.7 Å². The van der Waals surface area contributed by atoms with Crippen molar-refractivity contribution < 1.29 is 65.6 Å². The van der Waals surface area contributed by atoms with Gasteiger partial charge in [0.05, 0.1) is 64.8 Å². The van der Waals surface area contributed by atoms with Crippen LogP contribution in [0.1, 0.15) is 121 Å². The Bertz CT molecular complexity index is 3070. The van der Waals surface area contributed by atoms with E-state index in [0.717, 1.165) is 38.7 Å². The van der Waals surface area contributed by atoms with Gasteiger partial charge in [0, 0.05) is 51.0 Å². The number of esters is 2. The van der Waals surface area contributed by atoms with Gasteiger partial charge in [-0.2, -0.15) is 18.4 Å². The molecule has 5 atom stereocenters. The van der Waals surface area contributed by atoms with E-state index in [2.05, 4.69) is 15.6 Å². The number of aryl methyl sites for hydroxylation is 1. The molecule has 18 nitrogen and oxygen atoms in total. The molecule has 3 aliphatic heterocycles. The van der Waals surface area contributed by atoms with E-state index in [1.54, 1.807) is 94.0 Å². The number of allylic oxidation sites excluding steroid dienone is 2. The number of benzene rings is 3. The summed E-state index contributed by atoms with van der Waals surface area (Å²) in [7, 11) is 0. The van der Waals surface area contributed by atoms with E-state index in [-0.39, 0.29) is 76.1 Å². The van der Waals surface area contributed by atoms with Crippen LogP contribution < -0.4 is 25.2 Å². The fourth-order valence-electron chi connectivity index (χ4n) is 9.88. The number of carbonyl (C=O) groups is 6. The number of ether oxygens (including phenoxy) is 5. The maximum absolute atomic E-state index is 14.6. The number of halogens is 3. The average Bonchev–Trinajstić information content (AvgIpc) is 4.18. The number of hydrogen-bond acceptors (Lipinski definition) is 15. The second-order valence-electron chi connectivity index (χ2n) is 22.1. The second kappa shape index (κ2) is 27.9. The topological polar surface area (TPSA) is 219 Å². The third kappa shape index (κ3) is 16.3. The second-order valence-corrected chi connectivity index (χ2v) is 23.3. The Morgan fingerprint density at radius 3 is 2.24 bits per heavy atom. The van der Waals surface area contributed by atoms with Crippen molar-refractivity contribution >= 4 is 75.6 Å². The number of amides is 4. The van der Waals surface area contributed by atoms with Crippen molar-refractivity contribution in [2.75, 3.05) is 49.4 Å². The van der Waals surface area contributed by atoms with Crippen LogP contribution in [0.25, 0.3) is 10.4 Å². The van der Waals surface area contributed by atoms with Gasteiger partial charge in [-0.25, -0.2) is 4.98 Å². The van der Waals surface area contributed by atoms with Gasteiger partial charge in [-0.3, -0.25) is 33.7 Å². The van der Waals surface area contributed by atoms with Crippen LogP contribution in [0.4, 0.5) is 24.5 Å². The van der Waals surface area contributed by atoms with Gasteiger partial charge in [0.25, 0.3) is 5.91 Å². The summed E-state index contributed by atoms with van der Waals surface area (Å²) in [4.78, 5) is 91.6. The average molecular weight is 1190 g/mol. The number of aromatic nitrogens is 1. The maximum atomic E-state index is 14.6. The minimum atomic E-state index is -4.84. The molecule has 0 spiro atoms. The van der Waals surface area contributed by atoms with Crippen LogP contribution in [0.15, 0.2) is 84.4 Å². The molecule has 2 saturated heterocycles. The molecule has 4 aromatic rings. The molecule has 83 heavy (non-hydrogen) atoms. The van der Waals surface area contributed by atoms with Crippen LogP contribution in [0.2, 0.25) is 0 Å². The number of carbonyl (C=O) groups excluding carboxylic acids is 6. The lowest BCUT2D eigenvalue weighted by Gasteiger charge is -2.35. The van der Waals surface area contributed by atoms with Crippen molar-refractivity contribution in [2.24, 2.45) is 5.41 Å². The highest BCUT2D eigenvalue weighted by atomic mass is 32.1. The number of rotatable bonds is 10. The Hall–Kier alpha value is -7.26. The lowest BCUT2D eigenvalue weighted by atomic mass is 9.85. The standard InChI is InChI=1S/C60H70F3N7O11S2/c1-37(39-15-17-40(18-16-39)52-38(2)65-36-83-52)66-54(74)48-32-46-34-68(48)55(75)53(58(3,4)5)67-49(71)35-78-28-12-27-77-29-25-45(80-50(72)13-10-8-9-11-14-51(73)81-46)26-30-79-44-23-21-42(22-24-44)70-57(82)69(56(76)59(70,6)7)43-20-19-41(33-64)47(31-43)60(61,62)63/h8-9,15-24,31,36-37,45-46,48,53H,10-14,25-30,32,34-35H2,1-7H3,(H,66,74)(H,67,71)/b9-8+/t37-,45?,46?,48-,53?/m0/s1. The summed E-state index contributed by atoms with van der Waals surface area (Å²) in [5.74, 6) is -2.59. The number of alkyl halides is 3. The van der Waals surface area contributed by atoms with Crippen molar-refractivity contribution in [1.29, 1.82) is 5.26 Å². The molecule has 4 heterocycles. The van der Waals surface area contributed by atoms with E-state index in [4.69, 9.17) is 35.9 Å². The summed E-state index contributed by atoms with van der Waals surface area (Å²) in [6.45, 7) is 12.8. The van der Waals surface area contributed by atoms with Crippen LogP contribution in [0.3, 0.4) is 0 Å². The lowest BCUT2D eigenvalue weighted by Crippen LogP contribution is -2.58. The molecule has 0 saturated carbocycles. The third-order valence-corrected chi connectivity index (χ3v) is 15.7. The highest BCUT2D eigenvalue weighted by Crippen LogP contribution is 2.40. The zero-order chi connectivity index (χ0) is 60.2. The van der Waals surface area contributed by atoms with Gasteiger partial charge >= 0.3 is 18.1 Å². The molecular formula is C60H70F3N7O11S2. The fourth-order valence-corrected chi connectivity index (χ4v) is 11.2. The quantitative estimate of drug-likeness (QED) is 0.0858. The largest absolute Gasteiger partial charge is 0.493 e. The summed E-state index contributed by atoms with van der Waals surface area (Å²) >= 11 is 7.22. The number of anilines is 2. The molecule has 3 unspecified atom stereocenters. The molecule has 1 aromatic heterocycles. The van der Waals surface area contributed by atoms with Gasteiger partial charge in [0.1, 0.15) is 42.2 Å². The number of thiazole rings is 1. The van der Waals surface area contributed by atoms with Crippen molar-refractivity contribution in [3.8, 4) is 22.3 Å². The monoisotopic (exact) mass is 1190 g/mol. The summed E-state index contributed by atoms with van der Waals surface area (Å²) < 4.78 is 70.9. The van der Waals surface area contributed by atoms with Crippen LogP contribution in [0, 0.1) is 23.7 Å². The van der Waals surface area contributed by atoms with Crippen LogP contribution in [0.5, 0.6) is 5.75 Å². The molecule has 2 N–H and O–H groups in total. The Morgan fingerprint density at radius 1 is 0.940 bits per heavy atom. The van der Waals surface area contributed by atoms with E-state index >= 15 is 0 Å². The molecule has 0 radical (unpaired) electrons. The van der Waals surface area contributed by atoms with Gasteiger partial charge < -0.3 is 44.1 Å². The number of thiocarbonyl (C=S) groups is 1. The van der Waals surface area contributed by atoms with Gasteiger partial charge in [-0.05, 0) is 118 Å². The number of nitriles is 1. The van der Waals surface area contributed by atoms with Crippen LogP contribution in [-0.2, 0) is 53.9 Å². The summed E-state index contributed by atoms with van der Waals surface area (Å²) in [6, 6.07) is 16.5. The number of cyclic esters (lactones) is 1. The van der Waals surface area contributed by atoms with E-state index in [9.17, 15) is 47.2 Å². The minimum absolute atomic E-state index is 0.00129. The van der Waals surface area contributed by atoms with E-state index in [1.807, 2.05) is 38.1 Å². The molecule has 2 bridgehead atoms. The third-order valence-electron chi connectivity index (χ3n) is 14.4. The molecule has 444 valence electrons. The molecular weight excluding hydrogens is 1120 g/mol. The molecule has 23 heteroatoms. The molecule has 4 amide bonds. The summed E-state index contributed by atoms with van der Waals surface area (Å²) in [5, 5.41) is 15.1. The molecule has 0 aliphatic carbocycles. The van der Waals surface area contributed by atoms with E-state index in [1.165, 1.54) is 15.9 Å². The SMILES string of the molecule is Cc1ncsc1-c1ccc([C@H](C)NC(=O)[C@@H]2CC3CN2C(=O)C(C(C)(C)C)NC(=O)COCCCOCCC(CCOc2ccc(N4C(=S)N(c5ccc(C#N)c(C(F)(F)F)c5)C(=O)C4(C)C)cc2)OC(=O)CC/C=C/CCC(=O)O3)cc1. The lowest BCUT2D eigenvalue weighted by molar-refractivity contribution is -0.151. The molecule has 3 aromatic carbocycles. The predicted molar refractivity (Wildman–Crippen MR) is 308 cm³/mol. The highest BCUT2D eigenvalue weighted by molar-refractivity contribution is 7.81. The first kappa shape index (κ1) is 63.3. The first-order valence-electron chi connectivity index (χ1n) is 27.5. The number of nitrogens with one attached hydrogen (secondary N) is 2. The fraction of sp³-hybridized carbons (Fsp3) is 0.483. The molecule has 3 aliphatic rings. The zero-order valence-electron chi connectivity index (χ0n) is 47.5. The Labute approximate surface area is 490 Å². The number of fused-ring (bicyclic) bond motifs is 2. The van der Waals surface area contributed by atoms with Crippen LogP contribution >= 0.6 is 23.6 Å². The van der Waals surface area contributed by atoms with Gasteiger partial charge in [0.15, 0.2) is 5.11 Å². The van der Waals surface area contributed by atoms with E-state index in [0.29, 0.717) is 37.1 Å². The van der Waals surface area contributed by atoms with Crippen molar-refractivity contribution in [2.45, 2.75) is 142 Å². The number of hydrogen-bond donors (Lipinski definition) is 2. The first-order chi connectivity index (χ1) is 39.4. The molecule has 2 fully saturated rings. The van der Waals surface area contributed by atoms with Crippen LogP contribution in [-0.4, -0.2) is 120 Å². The normalized spacial score (nSPS) is 22.1. The smallest absolute Gasteiger partial charge is 0.417 e. The van der Waals surface area contributed by atoms with E-state index < -0.39 is 94.2 Å². The van der Waals surface area contributed by atoms with Crippen molar-refractivity contribution in [3.63, 3.8) is 0 Å². The maximum Gasteiger partial charge on any atom is 0.417 e. The highest BCUT2D eigenvalue weighted by Gasteiger charge is 2.51. The summed E-state index contributed by atoms with van der Waals surface area (Å²) in [5.41, 5.74) is 1.04. The van der Waals surface area contributed by atoms with Gasteiger partial charge in [-0.15, -0.1) is 11.3 Å². The number of nitrogens with zero attached hydrogens (tertiary/aromatic N) is 5. The van der Waals surface area contributed by atoms with Gasteiger partial charge in [-0.1, -0.05) is 57.2 Å². The zero-order valence-corrected chi connectivity index (χ0v) is 49.2.